The molecule has 1 aromatic rings. The van der Waals surface area contributed by atoms with Crippen molar-refractivity contribution in [2.45, 2.75) is 18.9 Å². The fourth-order valence-electron chi connectivity index (χ4n) is 2.16. The third kappa shape index (κ3) is 2.58. The predicted molar refractivity (Wildman–Crippen MR) is 66.8 cm³/mol. The van der Waals surface area contributed by atoms with Crippen molar-refractivity contribution < 1.29 is 9.53 Å². The lowest BCUT2D eigenvalue weighted by Gasteiger charge is -2.31. The van der Waals surface area contributed by atoms with Crippen LogP contribution in [-0.2, 0) is 4.74 Å². The maximum Gasteiger partial charge on any atom is 0.255 e. The molecule has 0 radical (unpaired) electrons. The molecule has 0 aliphatic carbocycles. The van der Waals surface area contributed by atoms with Gasteiger partial charge < -0.3 is 15.4 Å². The molecule has 1 fully saturated rings. The van der Waals surface area contributed by atoms with Crippen LogP contribution in [0.1, 0.15) is 23.2 Å². The lowest BCUT2D eigenvalue weighted by atomic mass is 10.1. The van der Waals surface area contributed by atoms with Gasteiger partial charge in [0.2, 0.25) is 0 Å². The summed E-state index contributed by atoms with van der Waals surface area (Å²) in [7, 11) is 1.72. The van der Waals surface area contributed by atoms with Crippen LogP contribution in [0.5, 0.6) is 0 Å². The maximum atomic E-state index is 12.2. The third-order valence-electron chi connectivity index (χ3n) is 3.25. The predicted octanol–water partition coefficient (Wildman–Crippen LogP) is 1.52. The summed E-state index contributed by atoms with van der Waals surface area (Å²) in [4.78, 5) is 14.1. The number of amides is 1. The zero-order chi connectivity index (χ0) is 12.3. The van der Waals surface area contributed by atoms with Crippen LogP contribution in [-0.4, -0.2) is 37.1 Å². The van der Waals surface area contributed by atoms with E-state index in [1.807, 2.05) is 17.0 Å². The van der Waals surface area contributed by atoms with Gasteiger partial charge in [0.25, 0.3) is 5.91 Å². The van der Waals surface area contributed by atoms with Gasteiger partial charge in [0.05, 0.1) is 11.7 Å². The molecular formula is C13H18N2O2. The number of hydrogen-bond donors (Lipinski definition) is 1. The molecule has 4 nitrogen and oxygen atoms in total. The van der Waals surface area contributed by atoms with Crippen LogP contribution in [0, 0.1) is 0 Å². The average Bonchev–Trinajstić information content (AvgIpc) is 2.39. The van der Waals surface area contributed by atoms with Crippen molar-refractivity contribution in [3.8, 4) is 0 Å². The SMILES string of the molecule is COC1CCN(C(=O)c2ccccc2N)CC1. The molecular weight excluding hydrogens is 216 g/mol. The minimum atomic E-state index is 0.0256. The Labute approximate surface area is 101 Å². The van der Waals surface area contributed by atoms with E-state index in [-0.39, 0.29) is 12.0 Å². The number of hydrogen-bond acceptors (Lipinski definition) is 3. The number of nitrogens with two attached hydrogens (primary N) is 1. The van der Waals surface area contributed by atoms with Crippen molar-refractivity contribution in [1.29, 1.82) is 0 Å². The van der Waals surface area contributed by atoms with Gasteiger partial charge in [-0.15, -0.1) is 0 Å². The number of nitrogen functional groups attached to an aromatic ring is 1. The molecule has 0 atom stereocenters. The first-order valence-corrected chi connectivity index (χ1v) is 5.89. The molecule has 0 unspecified atom stereocenters. The summed E-state index contributed by atoms with van der Waals surface area (Å²) in [5, 5.41) is 0. The molecule has 1 heterocycles. The summed E-state index contributed by atoms with van der Waals surface area (Å²) in [6.07, 6.45) is 2.08. The fourth-order valence-corrected chi connectivity index (χ4v) is 2.16. The monoisotopic (exact) mass is 234 g/mol. The highest BCUT2D eigenvalue weighted by Crippen LogP contribution is 2.18. The number of para-hydroxylation sites is 1. The zero-order valence-electron chi connectivity index (χ0n) is 10.1. The Kier molecular flexibility index (Phi) is 3.64. The summed E-state index contributed by atoms with van der Waals surface area (Å²) in [6.45, 7) is 1.48. The molecule has 4 heteroatoms. The highest BCUT2D eigenvalue weighted by Gasteiger charge is 2.24. The van der Waals surface area contributed by atoms with Crippen molar-refractivity contribution in [3.63, 3.8) is 0 Å². The van der Waals surface area contributed by atoms with Crippen molar-refractivity contribution in [2.24, 2.45) is 0 Å². The largest absolute Gasteiger partial charge is 0.398 e. The summed E-state index contributed by atoms with van der Waals surface area (Å²) in [6, 6.07) is 7.21. The molecule has 1 aliphatic heterocycles. The number of likely N-dealkylation sites (tertiary alicyclic amines) is 1. The molecule has 2 rings (SSSR count). The number of carbonyl (C=O) groups is 1. The molecule has 0 aromatic heterocycles. The number of benzene rings is 1. The molecule has 0 bridgehead atoms. The van der Waals surface area contributed by atoms with Crippen LogP contribution in [0.25, 0.3) is 0 Å². The summed E-state index contributed by atoms with van der Waals surface area (Å²) in [5.41, 5.74) is 6.96. The molecule has 1 saturated heterocycles. The second kappa shape index (κ2) is 5.19. The second-order valence-corrected chi connectivity index (χ2v) is 4.31. The Balaban J connectivity index is 2.04. The smallest absolute Gasteiger partial charge is 0.255 e. The van der Waals surface area contributed by atoms with Crippen LogP contribution in [0.3, 0.4) is 0 Å². The van der Waals surface area contributed by atoms with Crippen LogP contribution >= 0.6 is 0 Å². The van der Waals surface area contributed by atoms with Gasteiger partial charge >= 0.3 is 0 Å². The maximum absolute atomic E-state index is 12.2. The number of carbonyl (C=O) groups excluding carboxylic acids is 1. The summed E-state index contributed by atoms with van der Waals surface area (Å²) >= 11 is 0. The fraction of sp³-hybridized carbons (Fsp3) is 0.462. The number of piperidine rings is 1. The van der Waals surface area contributed by atoms with Gasteiger partial charge in [-0.25, -0.2) is 0 Å². The van der Waals surface area contributed by atoms with Crippen LogP contribution < -0.4 is 5.73 Å². The van der Waals surface area contributed by atoms with Crippen LogP contribution in [0.4, 0.5) is 5.69 Å². The van der Waals surface area contributed by atoms with Crippen LogP contribution in [0.2, 0.25) is 0 Å². The Morgan fingerprint density at radius 2 is 2.00 bits per heavy atom. The number of nitrogens with zero attached hydrogens (tertiary/aromatic N) is 1. The molecule has 92 valence electrons. The summed E-state index contributed by atoms with van der Waals surface area (Å²) in [5.74, 6) is 0.0256. The minimum Gasteiger partial charge on any atom is -0.398 e. The molecule has 17 heavy (non-hydrogen) atoms. The van der Waals surface area contributed by atoms with E-state index in [9.17, 15) is 4.79 Å². The van der Waals surface area contributed by atoms with Crippen molar-refractivity contribution >= 4 is 11.6 Å². The number of methoxy groups -OCH3 is 1. The Morgan fingerprint density at radius 1 is 1.35 bits per heavy atom. The van der Waals surface area contributed by atoms with Gasteiger partial charge in [0.1, 0.15) is 0 Å². The zero-order valence-corrected chi connectivity index (χ0v) is 10.1. The number of ether oxygens (including phenoxy) is 1. The molecule has 2 N–H and O–H groups in total. The lowest BCUT2D eigenvalue weighted by molar-refractivity contribution is 0.0351. The van der Waals surface area contributed by atoms with E-state index >= 15 is 0 Å². The van der Waals surface area contributed by atoms with Gasteiger partial charge in [-0.1, -0.05) is 12.1 Å². The minimum absolute atomic E-state index is 0.0256. The molecule has 1 amide bonds. The highest BCUT2D eigenvalue weighted by atomic mass is 16.5. The normalized spacial score (nSPS) is 17.1. The number of rotatable bonds is 2. The van der Waals surface area contributed by atoms with Gasteiger partial charge in [-0.2, -0.15) is 0 Å². The first-order valence-electron chi connectivity index (χ1n) is 5.89. The van der Waals surface area contributed by atoms with Crippen molar-refractivity contribution in [2.75, 3.05) is 25.9 Å². The van der Waals surface area contributed by atoms with E-state index in [2.05, 4.69) is 0 Å². The molecule has 1 aromatic carbocycles. The Morgan fingerprint density at radius 3 is 2.59 bits per heavy atom. The average molecular weight is 234 g/mol. The Hall–Kier alpha value is -1.55. The van der Waals surface area contributed by atoms with E-state index in [0.29, 0.717) is 11.3 Å². The first-order chi connectivity index (χ1) is 8.22. The first kappa shape index (κ1) is 11.9. The topological polar surface area (TPSA) is 55.6 Å². The standard InChI is InChI=1S/C13H18N2O2/c1-17-10-6-8-15(9-7-10)13(16)11-4-2-3-5-12(11)14/h2-5,10H,6-9,14H2,1H3. The van der Waals surface area contributed by atoms with Crippen molar-refractivity contribution in [3.05, 3.63) is 29.8 Å². The van der Waals surface area contributed by atoms with Crippen LogP contribution in [0.15, 0.2) is 24.3 Å². The van der Waals surface area contributed by atoms with Gasteiger partial charge in [0.15, 0.2) is 0 Å². The molecule has 0 saturated carbocycles. The van der Waals surface area contributed by atoms with Gasteiger partial charge in [-0.3, -0.25) is 4.79 Å². The van der Waals surface area contributed by atoms with E-state index in [1.54, 1.807) is 19.2 Å². The van der Waals surface area contributed by atoms with E-state index < -0.39 is 0 Å². The summed E-state index contributed by atoms with van der Waals surface area (Å²) < 4.78 is 5.29. The molecule has 1 aliphatic rings. The van der Waals surface area contributed by atoms with E-state index in [4.69, 9.17) is 10.5 Å². The molecule has 0 spiro atoms. The third-order valence-corrected chi connectivity index (χ3v) is 3.25. The lowest BCUT2D eigenvalue weighted by Crippen LogP contribution is -2.40. The number of anilines is 1. The van der Waals surface area contributed by atoms with Crippen molar-refractivity contribution in [1.82, 2.24) is 4.90 Å². The van der Waals surface area contributed by atoms with Gasteiger partial charge in [0, 0.05) is 25.9 Å². The van der Waals surface area contributed by atoms with E-state index in [0.717, 1.165) is 25.9 Å². The second-order valence-electron chi connectivity index (χ2n) is 4.31. The quantitative estimate of drug-likeness (QED) is 0.789. The van der Waals surface area contributed by atoms with E-state index in [1.165, 1.54) is 0 Å². The highest BCUT2D eigenvalue weighted by molar-refractivity contribution is 5.99. The Bertz CT molecular complexity index is 398. The van der Waals surface area contributed by atoms with Gasteiger partial charge in [-0.05, 0) is 25.0 Å².